The maximum Gasteiger partial charge on any atom is 0.315 e. The van der Waals surface area contributed by atoms with Gasteiger partial charge in [-0.2, -0.15) is 0 Å². The summed E-state index contributed by atoms with van der Waals surface area (Å²) < 4.78 is 0. The molecule has 4 nitrogen and oxygen atoms in total. The van der Waals surface area contributed by atoms with E-state index in [0.29, 0.717) is 6.42 Å². The lowest BCUT2D eigenvalue weighted by atomic mass is 10.0. The van der Waals surface area contributed by atoms with E-state index in [-0.39, 0.29) is 24.7 Å². The molecule has 106 valence electrons. The highest BCUT2D eigenvalue weighted by Crippen LogP contribution is 2.16. The number of aliphatic hydroxyl groups is 1. The van der Waals surface area contributed by atoms with Crippen LogP contribution in [0.1, 0.15) is 43.9 Å². The van der Waals surface area contributed by atoms with Crippen molar-refractivity contribution in [2.24, 2.45) is 0 Å². The maximum absolute atomic E-state index is 11.9. The van der Waals surface area contributed by atoms with E-state index < -0.39 is 0 Å². The molecule has 1 aromatic carbocycles. The molecule has 0 saturated carbocycles. The summed E-state index contributed by atoms with van der Waals surface area (Å²) in [6.07, 6.45) is 1.40. The Hall–Kier alpha value is -1.55. The van der Waals surface area contributed by atoms with Gasteiger partial charge in [0.1, 0.15) is 0 Å². The minimum Gasteiger partial charge on any atom is -0.396 e. The summed E-state index contributed by atoms with van der Waals surface area (Å²) >= 11 is 0. The van der Waals surface area contributed by atoms with Gasteiger partial charge in [0.05, 0.1) is 6.04 Å². The third kappa shape index (κ3) is 4.91. The van der Waals surface area contributed by atoms with Crippen LogP contribution in [-0.2, 0) is 0 Å². The van der Waals surface area contributed by atoms with Crippen molar-refractivity contribution < 1.29 is 9.90 Å². The molecule has 2 amide bonds. The third-order valence-corrected chi connectivity index (χ3v) is 3.31. The van der Waals surface area contributed by atoms with E-state index in [1.807, 2.05) is 45.0 Å². The molecule has 19 heavy (non-hydrogen) atoms. The van der Waals surface area contributed by atoms with Crippen LogP contribution in [0.5, 0.6) is 0 Å². The predicted octanol–water partition coefficient (Wildman–Crippen LogP) is 2.52. The van der Waals surface area contributed by atoms with Gasteiger partial charge in [-0.05, 0) is 37.8 Å². The third-order valence-electron chi connectivity index (χ3n) is 3.31. The number of amides is 2. The Morgan fingerprint density at radius 3 is 2.58 bits per heavy atom. The van der Waals surface area contributed by atoms with Crippen LogP contribution in [0, 0.1) is 6.92 Å². The second kappa shape index (κ2) is 7.79. The first-order chi connectivity index (χ1) is 9.08. The quantitative estimate of drug-likeness (QED) is 0.739. The van der Waals surface area contributed by atoms with Crippen LogP contribution in [0.25, 0.3) is 0 Å². The average molecular weight is 264 g/mol. The highest BCUT2D eigenvalue weighted by molar-refractivity contribution is 5.74. The molecule has 0 aliphatic rings. The molecular weight excluding hydrogens is 240 g/mol. The Bertz CT molecular complexity index is 407. The number of hydrogen-bond donors (Lipinski definition) is 3. The Balaban J connectivity index is 2.55. The molecule has 1 rings (SSSR count). The zero-order valence-electron chi connectivity index (χ0n) is 11.9. The lowest BCUT2D eigenvalue weighted by Crippen LogP contribution is -2.43. The largest absolute Gasteiger partial charge is 0.396 e. The summed E-state index contributed by atoms with van der Waals surface area (Å²) in [5.41, 5.74) is 2.28. The van der Waals surface area contributed by atoms with Crippen molar-refractivity contribution in [1.29, 1.82) is 0 Å². The van der Waals surface area contributed by atoms with E-state index in [0.717, 1.165) is 17.5 Å². The van der Waals surface area contributed by atoms with E-state index in [1.54, 1.807) is 0 Å². The van der Waals surface area contributed by atoms with Crippen molar-refractivity contribution in [3.8, 4) is 0 Å². The normalized spacial score (nSPS) is 13.7. The molecule has 0 heterocycles. The summed E-state index contributed by atoms with van der Waals surface area (Å²) in [5.74, 6) is 0. The zero-order chi connectivity index (χ0) is 14.3. The molecule has 0 aromatic heterocycles. The van der Waals surface area contributed by atoms with Gasteiger partial charge >= 0.3 is 6.03 Å². The fraction of sp³-hybridized carbons (Fsp3) is 0.533. The van der Waals surface area contributed by atoms with Crippen LogP contribution in [0.3, 0.4) is 0 Å². The van der Waals surface area contributed by atoms with Gasteiger partial charge in [-0.1, -0.05) is 31.2 Å². The molecule has 0 radical (unpaired) electrons. The standard InChI is InChI=1S/C15H24N2O2/c1-4-13(9-10-18)17-15(19)16-12(3)14-8-6-5-7-11(14)2/h5-8,12-13,18H,4,9-10H2,1-3H3,(H2,16,17,19). The molecule has 0 bridgehead atoms. The Labute approximate surface area is 115 Å². The molecule has 2 unspecified atom stereocenters. The van der Waals surface area contributed by atoms with Crippen molar-refractivity contribution in [2.75, 3.05) is 6.61 Å². The van der Waals surface area contributed by atoms with Crippen LogP contribution >= 0.6 is 0 Å². The van der Waals surface area contributed by atoms with Crippen LogP contribution in [-0.4, -0.2) is 23.8 Å². The monoisotopic (exact) mass is 264 g/mol. The van der Waals surface area contributed by atoms with Crippen molar-refractivity contribution in [1.82, 2.24) is 10.6 Å². The fourth-order valence-corrected chi connectivity index (χ4v) is 2.11. The van der Waals surface area contributed by atoms with Crippen LogP contribution in [0.2, 0.25) is 0 Å². The molecular formula is C15H24N2O2. The van der Waals surface area contributed by atoms with Crippen LogP contribution in [0.4, 0.5) is 4.79 Å². The summed E-state index contributed by atoms with van der Waals surface area (Å²) in [6, 6.07) is 7.81. The minimum absolute atomic E-state index is 0.0223. The fourth-order valence-electron chi connectivity index (χ4n) is 2.11. The summed E-state index contributed by atoms with van der Waals surface area (Å²) in [5, 5.41) is 14.7. The number of nitrogens with one attached hydrogen (secondary N) is 2. The smallest absolute Gasteiger partial charge is 0.315 e. The number of hydrogen-bond acceptors (Lipinski definition) is 2. The average Bonchev–Trinajstić information content (AvgIpc) is 2.38. The van der Waals surface area contributed by atoms with E-state index in [4.69, 9.17) is 5.11 Å². The minimum atomic E-state index is -0.184. The van der Waals surface area contributed by atoms with E-state index in [9.17, 15) is 4.79 Å². The molecule has 0 saturated heterocycles. The Morgan fingerprint density at radius 1 is 1.32 bits per heavy atom. The SMILES string of the molecule is CCC(CCO)NC(=O)NC(C)c1ccccc1C. The number of carbonyl (C=O) groups is 1. The van der Waals surface area contributed by atoms with Gasteiger partial charge in [0.15, 0.2) is 0 Å². The van der Waals surface area contributed by atoms with Crippen molar-refractivity contribution in [3.63, 3.8) is 0 Å². The number of carbonyl (C=O) groups excluding carboxylic acids is 1. The highest BCUT2D eigenvalue weighted by atomic mass is 16.3. The first kappa shape index (κ1) is 15.5. The number of benzene rings is 1. The molecule has 0 fully saturated rings. The van der Waals surface area contributed by atoms with Gasteiger partial charge in [0.25, 0.3) is 0 Å². The van der Waals surface area contributed by atoms with E-state index in [1.165, 1.54) is 0 Å². The first-order valence-electron chi connectivity index (χ1n) is 6.81. The molecule has 2 atom stereocenters. The number of aryl methyl sites for hydroxylation is 1. The van der Waals surface area contributed by atoms with Crippen molar-refractivity contribution >= 4 is 6.03 Å². The second-order valence-corrected chi connectivity index (χ2v) is 4.81. The van der Waals surface area contributed by atoms with Crippen LogP contribution in [0.15, 0.2) is 24.3 Å². The molecule has 1 aromatic rings. The molecule has 0 aliphatic carbocycles. The van der Waals surface area contributed by atoms with Gasteiger partial charge in [-0.3, -0.25) is 0 Å². The Kier molecular flexibility index (Phi) is 6.36. The van der Waals surface area contributed by atoms with E-state index in [2.05, 4.69) is 10.6 Å². The Morgan fingerprint density at radius 2 is 2.00 bits per heavy atom. The number of rotatable bonds is 6. The van der Waals surface area contributed by atoms with Gasteiger partial charge in [-0.15, -0.1) is 0 Å². The van der Waals surface area contributed by atoms with Crippen molar-refractivity contribution in [2.45, 2.75) is 45.7 Å². The lowest BCUT2D eigenvalue weighted by molar-refractivity contribution is 0.225. The first-order valence-corrected chi connectivity index (χ1v) is 6.81. The topological polar surface area (TPSA) is 61.4 Å². The van der Waals surface area contributed by atoms with Gasteiger partial charge in [0.2, 0.25) is 0 Å². The summed E-state index contributed by atoms with van der Waals surface area (Å²) in [6.45, 7) is 6.08. The molecule has 4 heteroatoms. The highest BCUT2D eigenvalue weighted by Gasteiger charge is 2.13. The van der Waals surface area contributed by atoms with Gasteiger partial charge in [0, 0.05) is 12.6 Å². The second-order valence-electron chi connectivity index (χ2n) is 4.81. The predicted molar refractivity (Wildman–Crippen MR) is 77.0 cm³/mol. The zero-order valence-corrected chi connectivity index (χ0v) is 11.9. The van der Waals surface area contributed by atoms with Gasteiger partial charge < -0.3 is 15.7 Å². The molecule has 3 N–H and O–H groups in total. The summed E-state index contributed by atoms with van der Waals surface area (Å²) in [4.78, 5) is 11.9. The van der Waals surface area contributed by atoms with E-state index >= 15 is 0 Å². The molecule has 0 spiro atoms. The number of aliphatic hydroxyl groups excluding tert-OH is 1. The lowest BCUT2D eigenvalue weighted by Gasteiger charge is -2.20. The molecule has 0 aliphatic heterocycles. The van der Waals surface area contributed by atoms with Crippen LogP contribution < -0.4 is 10.6 Å². The summed E-state index contributed by atoms with van der Waals surface area (Å²) in [7, 11) is 0. The maximum atomic E-state index is 11.9. The van der Waals surface area contributed by atoms with Gasteiger partial charge in [-0.25, -0.2) is 4.79 Å². The number of urea groups is 1. The van der Waals surface area contributed by atoms with Crippen molar-refractivity contribution in [3.05, 3.63) is 35.4 Å².